The molecule has 0 bridgehead atoms. The van der Waals surface area contributed by atoms with Gasteiger partial charge in [0.15, 0.2) is 6.10 Å². The lowest BCUT2D eigenvalue weighted by molar-refractivity contribution is -0.870. The average molecular weight is 811 g/mol. The zero-order valence-corrected chi connectivity index (χ0v) is 37.5. The molecular weight excluding hydrogens is 725 g/mol. The Balaban J connectivity index is 4.45. The first kappa shape index (κ1) is 54.0. The third-order valence-electron chi connectivity index (χ3n) is 9.44. The number of quaternary nitrogens is 1. The van der Waals surface area contributed by atoms with Crippen molar-refractivity contribution in [1.29, 1.82) is 0 Å². The summed E-state index contributed by atoms with van der Waals surface area (Å²) in [5.74, 6) is -1.06. The van der Waals surface area contributed by atoms with Crippen molar-refractivity contribution < 1.29 is 42.1 Å². The molecule has 0 radical (unpaired) electrons. The van der Waals surface area contributed by atoms with E-state index in [1.807, 2.05) is 33.3 Å². The van der Waals surface area contributed by atoms with E-state index < -0.39 is 32.5 Å². The third kappa shape index (κ3) is 41.6. The van der Waals surface area contributed by atoms with E-state index in [-0.39, 0.29) is 19.6 Å². The molecule has 0 amide bonds. The van der Waals surface area contributed by atoms with Gasteiger partial charge in [0.1, 0.15) is 19.8 Å². The Morgan fingerprint density at radius 3 is 1.64 bits per heavy atom. The molecule has 9 nitrogen and oxygen atoms in total. The molecule has 0 aromatic rings. The van der Waals surface area contributed by atoms with Crippen molar-refractivity contribution in [3.8, 4) is 0 Å². The number of rotatable bonds is 40. The van der Waals surface area contributed by atoms with E-state index in [0.29, 0.717) is 17.4 Å². The number of unbranched alkanes of at least 4 members (excludes halogenated alkanes) is 21. The third-order valence-corrected chi connectivity index (χ3v) is 10.4. The first-order valence-corrected chi connectivity index (χ1v) is 23.9. The van der Waals surface area contributed by atoms with Crippen LogP contribution in [0.2, 0.25) is 0 Å². The molecule has 0 aromatic carbocycles. The molecule has 0 spiro atoms. The number of phosphoric ester groups is 1. The fourth-order valence-electron chi connectivity index (χ4n) is 5.89. The van der Waals surface area contributed by atoms with Gasteiger partial charge in [-0.15, -0.1) is 0 Å². The highest BCUT2D eigenvalue weighted by molar-refractivity contribution is 7.47. The molecule has 0 heterocycles. The standard InChI is InChI=1S/C46H84NO8P/c1-6-8-10-12-14-16-18-20-22-23-25-26-28-30-32-34-36-38-45(48)52-42-44(43-54-56(50,51)53-41-40-47(3,4)5)55-46(49)39-37-35-33-31-29-27-24-21-19-17-15-13-11-9-7-2/h14,16,20,22,33,35,37,39,44H,6-13,15,17-19,21,23-32,34,36,38,40-43H2,1-5H3/p+1/b16-14+,22-20+,35-33+,39-37+/t44-/m1/s1. The fraction of sp³-hybridized carbons (Fsp3) is 0.783. The van der Waals surface area contributed by atoms with E-state index in [9.17, 15) is 19.0 Å². The molecule has 0 fully saturated rings. The van der Waals surface area contributed by atoms with Crippen LogP contribution in [0.25, 0.3) is 0 Å². The fourth-order valence-corrected chi connectivity index (χ4v) is 6.63. The van der Waals surface area contributed by atoms with Gasteiger partial charge in [0, 0.05) is 12.5 Å². The number of esters is 2. The predicted molar refractivity (Wildman–Crippen MR) is 233 cm³/mol. The van der Waals surface area contributed by atoms with Crippen LogP contribution in [-0.4, -0.2) is 74.9 Å². The Kier molecular flexibility index (Phi) is 37.1. The van der Waals surface area contributed by atoms with Crippen molar-refractivity contribution in [2.24, 2.45) is 0 Å². The number of likely N-dealkylation sites (N-methyl/N-ethyl adjacent to an activating group) is 1. The van der Waals surface area contributed by atoms with Crippen LogP contribution in [0.5, 0.6) is 0 Å². The number of nitrogens with zero attached hydrogens (tertiary/aromatic N) is 1. The van der Waals surface area contributed by atoms with Gasteiger partial charge < -0.3 is 18.9 Å². The monoisotopic (exact) mass is 811 g/mol. The summed E-state index contributed by atoms with van der Waals surface area (Å²) in [5, 5.41) is 0. The van der Waals surface area contributed by atoms with E-state index in [2.05, 4.69) is 38.2 Å². The van der Waals surface area contributed by atoms with E-state index in [0.717, 1.165) is 44.9 Å². The molecule has 1 N–H and O–H groups in total. The second-order valence-corrected chi connectivity index (χ2v) is 17.6. The van der Waals surface area contributed by atoms with Crippen molar-refractivity contribution in [3.63, 3.8) is 0 Å². The number of hydrogen-bond acceptors (Lipinski definition) is 7. The van der Waals surface area contributed by atoms with Gasteiger partial charge in [-0.2, -0.15) is 0 Å². The number of carbonyl (C=O) groups is 2. The summed E-state index contributed by atoms with van der Waals surface area (Å²) in [7, 11) is 1.42. The molecule has 10 heteroatoms. The second-order valence-electron chi connectivity index (χ2n) is 16.2. The SMILES string of the molecule is CCCCC/C=C/C/C=C/CCCCCCCCCC(=O)OC[C@H](COP(=O)(O)OCC[N+](C)(C)C)OC(=O)/C=C/C=C/CCCCCCCCCCCCC. The second kappa shape index (κ2) is 38.5. The van der Waals surface area contributed by atoms with Crippen LogP contribution in [0.1, 0.15) is 181 Å². The summed E-state index contributed by atoms with van der Waals surface area (Å²) >= 11 is 0. The number of ether oxygens (including phenoxy) is 2. The molecule has 56 heavy (non-hydrogen) atoms. The summed E-state index contributed by atoms with van der Waals surface area (Å²) in [5.41, 5.74) is 0. The smallest absolute Gasteiger partial charge is 0.462 e. The van der Waals surface area contributed by atoms with Crippen LogP contribution in [-0.2, 0) is 32.7 Å². The Hall–Kier alpha value is -2.03. The topological polar surface area (TPSA) is 108 Å². The van der Waals surface area contributed by atoms with Gasteiger partial charge in [-0.25, -0.2) is 9.36 Å². The van der Waals surface area contributed by atoms with Crippen LogP contribution < -0.4 is 0 Å². The first-order chi connectivity index (χ1) is 27.0. The maximum atomic E-state index is 12.6. The molecule has 2 atom stereocenters. The maximum absolute atomic E-state index is 12.6. The average Bonchev–Trinajstić information content (AvgIpc) is 3.15. The van der Waals surface area contributed by atoms with Crippen LogP contribution in [0.15, 0.2) is 48.6 Å². The summed E-state index contributed by atoms with van der Waals surface area (Å²) in [6, 6.07) is 0. The molecule has 0 rings (SSSR count). The minimum absolute atomic E-state index is 0.0136. The van der Waals surface area contributed by atoms with Crippen LogP contribution in [0.4, 0.5) is 0 Å². The first-order valence-electron chi connectivity index (χ1n) is 22.4. The Morgan fingerprint density at radius 2 is 1.09 bits per heavy atom. The summed E-state index contributed by atoms with van der Waals surface area (Å²) in [6.07, 6.45) is 45.0. The molecule has 1 unspecified atom stereocenters. The van der Waals surface area contributed by atoms with Crippen LogP contribution >= 0.6 is 7.82 Å². The summed E-state index contributed by atoms with van der Waals surface area (Å²) in [6.45, 7) is 4.26. The highest BCUT2D eigenvalue weighted by Crippen LogP contribution is 2.43. The molecule has 326 valence electrons. The van der Waals surface area contributed by atoms with Crippen LogP contribution in [0.3, 0.4) is 0 Å². The maximum Gasteiger partial charge on any atom is 0.472 e. The van der Waals surface area contributed by atoms with Gasteiger partial charge in [0.05, 0.1) is 27.7 Å². The molecule has 0 aromatic heterocycles. The van der Waals surface area contributed by atoms with E-state index in [1.54, 1.807) is 6.08 Å². The summed E-state index contributed by atoms with van der Waals surface area (Å²) in [4.78, 5) is 35.2. The molecule has 0 aliphatic heterocycles. The zero-order valence-electron chi connectivity index (χ0n) is 36.6. The van der Waals surface area contributed by atoms with Gasteiger partial charge in [-0.1, -0.05) is 166 Å². The molecule has 0 saturated heterocycles. The van der Waals surface area contributed by atoms with E-state index in [4.69, 9.17) is 18.5 Å². The van der Waals surface area contributed by atoms with Crippen molar-refractivity contribution in [2.45, 2.75) is 187 Å². The van der Waals surface area contributed by atoms with Gasteiger partial charge in [0.25, 0.3) is 0 Å². The van der Waals surface area contributed by atoms with Gasteiger partial charge in [-0.05, 0) is 51.4 Å². The molecule has 0 saturated carbocycles. The molecular formula is C46H85NO8P+. The van der Waals surface area contributed by atoms with Gasteiger partial charge >= 0.3 is 19.8 Å². The zero-order chi connectivity index (χ0) is 41.4. The summed E-state index contributed by atoms with van der Waals surface area (Å²) < 4.78 is 34.1. The lowest BCUT2D eigenvalue weighted by Gasteiger charge is -2.24. The van der Waals surface area contributed by atoms with Crippen molar-refractivity contribution in [3.05, 3.63) is 48.6 Å². The molecule has 0 aliphatic rings. The lowest BCUT2D eigenvalue weighted by atomic mass is 10.1. The Morgan fingerprint density at radius 1 is 0.607 bits per heavy atom. The lowest BCUT2D eigenvalue weighted by Crippen LogP contribution is -2.37. The predicted octanol–water partition coefficient (Wildman–Crippen LogP) is 12.7. The van der Waals surface area contributed by atoms with E-state index >= 15 is 0 Å². The Bertz CT molecular complexity index is 1100. The minimum Gasteiger partial charge on any atom is -0.462 e. The van der Waals surface area contributed by atoms with Crippen molar-refractivity contribution >= 4 is 19.8 Å². The largest absolute Gasteiger partial charge is 0.472 e. The van der Waals surface area contributed by atoms with Gasteiger partial charge in [-0.3, -0.25) is 13.8 Å². The number of carbonyl (C=O) groups excluding carboxylic acids is 2. The highest BCUT2D eigenvalue weighted by Gasteiger charge is 2.26. The number of allylic oxidation sites excluding steroid dienone is 7. The minimum atomic E-state index is -4.40. The number of hydrogen-bond donors (Lipinski definition) is 1. The normalized spacial score (nSPS) is 14.0. The van der Waals surface area contributed by atoms with E-state index in [1.165, 1.54) is 115 Å². The quantitative estimate of drug-likeness (QED) is 0.0124. The highest BCUT2D eigenvalue weighted by atomic mass is 31.2. The van der Waals surface area contributed by atoms with Crippen LogP contribution in [0, 0.1) is 0 Å². The number of phosphoric acid groups is 1. The van der Waals surface area contributed by atoms with Crippen molar-refractivity contribution in [2.75, 3.05) is 47.5 Å². The van der Waals surface area contributed by atoms with Gasteiger partial charge in [0.2, 0.25) is 0 Å². The van der Waals surface area contributed by atoms with Crippen molar-refractivity contribution in [1.82, 2.24) is 0 Å². The Labute approximate surface area is 343 Å². The molecule has 0 aliphatic carbocycles.